The van der Waals surface area contributed by atoms with Gasteiger partial charge in [0.05, 0.1) is 31.1 Å². The van der Waals surface area contributed by atoms with Crippen molar-refractivity contribution in [2.45, 2.75) is 45.1 Å². The molecule has 1 N–H and O–H groups in total. The lowest BCUT2D eigenvalue weighted by Gasteiger charge is -2.31. The molecule has 0 atom stereocenters. The van der Waals surface area contributed by atoms with Crippen LogP contribution in [0.25, 0.3) is 0 Å². The lowest BCUT2D eigenvalue weighted by Crippen LogP contribution is -3.15. The van der Waals surface area contributed by atoms with E-state index in [2.05, 4.69) is 0 Å². The van der Waals surface area contributed by atoms with Crippen LogP contribution in [0, 0.1) is 13.8 Å². The van der Waals surface area contributed by atoms with Gasteiger partial charge in [0.25, 0.3) is 0 Å². The molecule has 1 fully saturated rings. The number of hydrogen-bond acceptors (Lipinski definition) is 4. The molecule has 7 heteroatoms. The van der Waals surface area contributed by atoms with Gasteiger partial charge in [0.1, 0.15) is 5.60 Å². The predicted molar refractivity (Wildman–Crippen MR) is 96.1 cm³/mol. The second-order valence-electron chi connectivity index (χ2n) is 7.66. The highest BCUT2D eigenvalue weighted by Crippen LogP contribution is 2.19. The first-order valence-electron chi connectivity index (χ1n) is 8.62. The van der Waals surface area contributed by atoms with Gasteiger partial charge >= 0.3 is 5.97 Å². The molecule has 0 saturated carbocycles. The van der Waals surface area contributed by atoms with Gasteiger partial charge in [0, 0.05) is 0 Å². The number of hydrogen-bond donors (Lipinski definition) is 1. The highest BCUT2D eigenvalue weighted by Gasteiger charge is 2.32. The highest BCUT2D eigenvalue weighted by atomic mass is 32.2. The van der Waals surface area contributed by atoms with E-state index < -0.39 is 15.6 Å². The minimum absolute atomic E-state index is 0.243. The van der Waals surface area contributed by atoms with Gasteiger partial charge in [-0.25, -0.2) is 13.2 Å². The summed E-state index contributed by atoms with van der Waals surface area (Å²) in [6.45, 7) is 11.7. The van der Waals surface area contributed by atoms with E-state index in [9.17, 15) is 13.2 Å². The summed E-state index contributed by atoms with van der Waals surface area (Å²) in [5, 5.41) is 0. The van der Waals surface area contributed by atoms with E-state index in [0.717, 1.165) is 16.0 Å². The van der Waals surface area contributed by atoms with E-state index in [1.807, 2.05) is 40.7 Å². The SMILES string of the molecule is Cc1ccc(S(=O)(=O)N2CC[NH+](CC(=O)OC(C)(C)C)CC2)cc1C. The van der Waals surface area contributed by atoms with E-state index in [1.54, 1.807) is 12.1 Å². The second-order valence-corrected chi connectivity index (χ2v) is 9.60. The number of aryl methyl sites for hydroxylation is 2. The molecule has 0 radical (unpaired) electrons. The Bertz CT molecular complexity index is 730. The molecule has 1 aromatic carbocycles. The Kier molecular flexibility index (Phi) is 5.91. The van der Waals surface area contributed by atoms with Crippen LogP contribution in [0.3, 0.4) is 0 Å². The standard InChI is InChI=1S/C18H28N2O4S/c1-14-6-7-16(12-15(14)2)25(22,23)20-10-8-19(9-11-20)13-17(21)24-18(3,4)5/h6-7,12H,8-11,13H2,1-5H3/p+1. The Morgan fingerprint density at radius 2 is 1.76 bits per heavy atom. The average Bonchev–Trinajstić information content (AvgIpc) is 2.48. The van der Waals surface area contributed by atoms with Crippen LogP contribution >= 0.6 is 0 Å². The monoisotopic (exact) mass is 369 g/mol. The van der Waals surface area contributed by atoms with E-state index in [1.165, 1.54) is 4.31 Å². The molecule has 140 valence electrons. The molecule has 2 rings (SSSR count). The van der Waals surface area contributed by atoms with Crippen LogP contribution in [-0.2, 0) is 19.6 Å². The van der Waals surface area contributed by atoms with E-state index >= 15 is 0 Å². The summed E-state index contributed by atoms with van der Waals surface area (Å²) in [7, 11) is -3.48. The van der Waals surface area contributed by atoms with Gasteiger partial charge in [0.2, 0.25) is 10.0 Å². The van der Waals surface area contributed by atoms with Crippen molar-refractivity contribution in [2.75, 3.05) is 32.7 Å². The van der Waals surface area contributed by atoms with Crippen molar-refractivity contribution in [1.82, 2.24) is 4.31 Å². The molecule has 0 aliphatic carbocycles. The molecular weight excluding hydrogens is 340 g/mol. The molecule has 1 heterocycles. The summed E-state index contributed by atoms with van der Waals surface area (Å²) in [5.74, 6) is -0.243. The summed E-state index contributed by atoms with van der Waals surface area (Å²) in [4.78, 5) is 13.3. The van der Waals surface area contributed by atoms with Gasteiger partial charge in [-0.1, -0.05) is 6.07 Å². The van der Waals surface area contributed by atoms with Crippen molar-refractivity contribution < 1.29 is 22.8 Å². The van der Waals surface area contributed by atoms with Gasteiger partial charge in [-0.3, -0.25) is 0 Å². The van der Waals surface area contributed by atoms with Crippen LogP contribution in [0.1, 0.15) is 31.9 Å². The Balaban J connectivity index is 1.97. The Morgan fingerprint density at radius 1 is 1.16 bits per heavy atom. The summed E-state index contributed by atoms with van der Waals surface area (Å²) in [6.07, 6.45) is 0. The maximum Gasteiger partial charge on any atom is 0.362 e. The molecule has 25 heavy (non-hydrogen) atoms. The minimum atomic E-state index is -3.48. The number of nitrogens with one attached hydrogen (secondary N) is 1. The molecular formula is C18H29N2O4S+. The molecule has 0 unspecified atom stereocenters. The number of esters is 1. The van der Waals surface area contributed by atoms with Crippen molar-refractivity contribution in [3.05, 3.63) is 29.3 Å². The molecule has 0 spiro atoms. The third-order valence-electron chi connectivity index (χ3n) is 4.36. The van der Waals surface area contributed by atoms with Crippen molar-refractivity contribution in [3.8, 4) is 0 Å². The zero-order chi connectivity index (χ0) is 18.8. The quantitative estimate of drug-likeness (QED) is 0.787. The van der Waals surface area contributed by atoms with Crippen LogP contribution in [0.15, 0.2) is 23.1 Å². The number of carbonyl (C=O) groups excluding carboxylic acids is 1. The Hall–Kier alpha value is -1.44. The topological polar surface area (TPSA) is 68.1 Å². The number of piperazine rings is 1. The maximum absolute atomic E-state index is 12.8. The number of quaternary nitrogens is 1. The fourth-order valence-corrected chi connectivity index (χ4v) is 4.35. The lowest BCUT2D eigenvalue weighted by molar-refractivity contribution is -0.896. The predicted octanol–water partition coefficient (Wildman–Crippen LogP) is 0.534. The van der Waals surface area contributed by atoms with Gasteiger partial charge in [-0.2, -0.15) is 4.31 Å². The Morgan fingerprint density at radius 3 is 2.28 bits per heavy atom. The number of rotatable bonds is 4. The van der Waals surface area contributed by atoms with Crippen molar-refractivity contribution in [3.63, 3.8) is 0 Å². The van der Waals surface area contributed by atoms with Crippen LogP contribution in [0.2, 0.25) is 0 Å². The smallest absolute Gasteiger partial charge is 0.362 e. The summed E-state index contributed by atoms with van der Waals surface area (Å²) in [5.41, 5.74) is 1.55. The van der Waals surface area contributed by atoms with Crippen LogP contribution in [-0.4, -0.2) is 57.0 Å². The first kappa shape index (κ1) is 19.9. The molecule has 1 aliphatic rings. The van der Waals surface area contributed by atoms with E-state index in [4.69, 9.17) is 4.74 Å². The van der Waals surface area contributed by atoms with Crippen LogP contribution in [0.4, 0.5) is 0 Å². The number of nitrogens with zero attached hydrogens (tertiary/aromatic N) is 1. The summed E-state index contributed by atoms with van der Waals surface area (Å²) < 4.78 is 32.4. The summed E-state index contributed by atoms with van der Waals surface area (Å²) >= 11 is 0. The normalized spacial score (nSPS) is 17.5. The number of sulfonamides is 1. The van der Waals surface area contributed by atoms with Gasteiger partial charge < -0.3 is 9.64 Å². The molecule has 1 aliphatic heterocycles. The van der Waals surface area contributed by atoms with Gasteiger partial charge in [0.15, 0.2) is 6.54 Å². The minimum Gasteiger partial charge on any atom is -0.456 e. The largest absolute Gasteiger partial charge is 0.456 e. The molecule has 1 saturated heterocycles. The fraction of sp³-hybridized carbons (Fsp3) is 0.611. The summed E-state index contributed by atoms with van der Waals surface area (Å²) in [6, 6.07) is 5.23. The highest BCUT2D eigenvalue weighted by molar-refractivity contribution is 7.89. The van der Waals surface area contributed by atoms with E-state index in [0.29, 0.717) is 31.1 Å². The third-order valence-corrected chi connectivity index (χ3v) is 6.25. The van der Waals surface area contributed by atoms with E-state index in [-0.39, 0.29) is 12.5 Å². The maximum atomic E-state index is 12.8. The second kappa shape index (κ2) is 7.43. The third kappa shape index (κ3) is 5.26. The number of ether oxygens (including phenoxy) is 1. The number of carbonyl (C=O) groups is 1. The first-order chi connectivity index (χ1) is 11.5. The van der Waals surface area contributed by atoms with Gasteiger partial charge in [-0.05, 0) is 57.9 Å². The van der Waals surface area contributed by atoms with Crippen molar-refractivity contribution in [1.29, 1.82) is 0 Å². The molecule has 1 aromatic rings. The Labute approximate surface area is 150 Å². The molecule has 0 aromatic heterocycles. The zero-order valence-electron chi connectivity index (χ0n) is 15.8. The molecule has 0 bridgehead atoms. The van der Waals surface area contributed by atoms with Crippen LogP contribution < -0.4 is 4.90 Å². The lowest BCUT2D eigenvalue weighted by atomic mass is 10.1. The van der Waals surface area contributed by atoms with Crippen molar-refractivity contribution >= 4 is 16.0 Å². The molecule has 0 amide bonds. The zero-order valence-corrected chi connectivity index (χ0v) is 16.6. The van der Waals surface area contributed by atoms with Gasteiger partial charge in [-0.15, -0.1) is 0 Å². The average molecular weight is 370 g/mol. The van der Waals surface area contributed by atoms with Crippen LogP contribution in [0.5, 0.6) is 0 Å². The molecule has 6 nitrogen and oxygen atoms in total. The fourth-order valence-electron chi connectivity index (χ4n) is 2.82. The first-order valence-corrected chi connectivity index (χ1v) is 10.1. The number of benzene rings is 1. The van der Waals surface area contributed by atoms with Crippen molar-refractivity contribution in [2.24, 2.45) is 0 Å².